The lowest BCUT2D eigenvalue weighted by atomic mass is 9.97. The molecular weight excluding hydrogens is 430 g/mol. The summed E-state index contributed by atoms with van der Waals surface area (Å²) in [6.07, 6.45) is 3.43. The number of hydrogen-bond donors (Lipinski definition) is 3. The number of aromatic carboxylic acids is 1. The summed E-state index contributed by atoms with van der Waals surface area (Å²) in [5.41, 5.74) is 2.81. The summed E-state index contributed by atoms with van der Waals surface area (Å²) in [6.45, 7) is 2.35. The number of carbonyl (C=O) groups is 2. The minimum absolute atomic E-state index is 0.0155. The van der Waals surface area contributed by atoms with Crippen LogP contribution in [-0.4, -0.2) is 54.4 Å². The molecule has 1 fully saturated rings. The highest BCUT2D eigenvalue weighted by Crippen LogP contribution is 2.38. The molecule has 170 valence electrons. The second kappa shape index (κ2) is 8.73. The van der Waals surface area contributed by atoms with E-state index in [2.05, 4.69) is 10.6 Å². The van der Waals surface area contributed by atoms with Crippen molar-refractivity contribution >= 4 is 28.2 Å². The van der Waals surface area contributed by atoms with Crippen molar-refractivity contribution in [3.63, 3.8) is 0 Å². The number of benzene rings is 1. The van der Waals surface area contributed by atoms with Crippen molar-refractivity contribution in [2.75, 3.05) is 25.6 Å². The lowest BCUT2D eigenvalue weighted by molar-refractivity contribution is 0.0344. The van der Waals surface area contributed by atoms with Crippen molar-refractivity contribution in [3.8, 4) is 5.75 Å². The van der Waals surface area contributed by atoms with E-state index in [4.69, 9.17) is 9.47 Å². The molecule has 4 heterocycles. The number of nitrogens with one attached hydrogen (secondary N) is 2. The third-order valence-electron chi connectivity index (χ3n) is 6.41. The molecule has 32 heavy (non-hydrogen) atoms. The SMILES string of the molecule is COc1cccc2c1C(=O)N(CC1Cc3c(sc(NC4CCCCO4)c3C(=O)O)CN1)C2. The van der Waals surface area contributed by atoms with Crippen LogP contribution in [0.1, 0.15) is 56.0 Å². The van der Waals surface area contributed by atoms with Crippen LogP contribution in [0.4, 0.5) is 5.00 Å². The molecule has 0 radical (unpaired) electrons. The quantitative estimate of drug-likeness (QED) is 0.613. The van der Waals surface area contributed by atoms with Crippen LogP contribution >= 0.6 is 11.3 Å². The Morgan fingerprint density at radius 1 is 1.41 bits per heavy atom. The van der Waals surface area contributed by atoms with Gasteiger partial charge in [-0.25, -0.2) is 4.79 Å². The molecule has 2 atom stereocenters. The largest absolute Gasteiger partial charge is 0.496 e. The van der Waals surface area contributed by atoms with Gasteiger partial charge in [-0.15, -0.1) is 11.3 Å². The van der Waals surface area contributed by atoms with E-state index < -0.39 is 5.97 Å². The number of anilines is 1. The molecule has 3 aliphatic rings. The van der Waals surface area contributed by atoms with Crippen LogP contribution in [0.5, 0.6) is 5.75 Å². The predicted octanol–water partition coefficient (Wildman–Crippen LogP) is 3.06. The Bertz CT molecular complexity index is 1050. The second-order valence-electron chi connectivity index (χ2n) is 8.47. The zero-order valence-corrected chi connectivity index (χ0v) is 18.8. The van der Waals surface area contributed by atoms with Gasteiger partial charge in [0.05, 0.1) is 18.2 Å². The Kier molecular flexibility index (Phi) is 5.79. The van der Waals surface area contributed by atoms with Crippen LogP contribution in [0.25, 0.3) is 0 Å². The third-order valence-corrected chi connectivity index (χ3v) is 7.58. The third kappa shape index (κ3) is 3.85. The molecule has 0 saturated carbocycles. The van der Waals surface area contributed by atoms with Crippen LogP contribution in [-0.2, 0) is 24.2 Å². The molecular formula is C23H27N3O5S. The van der Waals surface area contributed by atoms with Crippen molar-refractivity contribution in [2.24, 2.45) is 0 Å². The van der Waals surface area contributed by atoms with E-state index in [9.17, 15) is 14.7 Å². The molecule has 0 spiro atoms. The number of thiophene rings is 1. The number of carbonyl (C=O) groups excluding carboxylic acids is 1. The summed E-state index contributed by atoms with van der Waals surface area (Å²) in [5, 5.41) is 17.4. The van der Waals surface area contributed by atoms with Gasteiger partial charge in [0, 0.05) is 37.2 Å². The van der Waals surface area contributed by atoms with Gasteiger partial charge >= 0.3 is 5.97 Å². The molecule has 1 aromatic carbocycles. The zero-order chi connectivity index (χ0) is 22.2. The zero-order valence-electron chi connectivity index (χ0n) is 18.0. The number of methoxy groups -OCH3 is 1. The number of ether oxygens (including phenoxy) is 2. The van der Waals surface area contributed by atoms with E-state index in [1.54, 1.807) is 13.2 Å². The van der Waals surface area contributed by atoms with Gasteiger partial charge in [-0.2, -0.15) is 0 Å². The van der Waals surface area contributed by atoms with E-state index in [0.717, 1.165) is 35.3 Å². The van der Waals surface area contributed by atoms with E-state index >= 15 is 0 Å². The van der Waals surface area contributed by atoms with Crippen molar-refractivity contribution in [1.82, 2.24) is 10.2 Å². The fraction of sp³-hybridized carbons (Fsp3) is 0.478. The van der Waals surface area contributed by atoms with E-state index in [1.807, 2.05) is 17.0 Å². The van der Waals surface area contributed by atoms with Crippen LogP contribution in [0, 0.1) is 0 Å². The maximum absolute atomic E-state index is 13.0. The fourth-order valence-corrected chi connectivity index (χ4v) is 6.07. The number of rotatable bonds is 6. The summed E-state index contributed by atoms with van der Waals surface area (Å²) in [4.78, 5) is 28.0. The monoisotopic (exact) mass is 457 g/mol. The van der Waals surface area contributed by atoms with Gasteiger partial charge in [0.15, 0.2) is 0 Å². The Balaban J connectivity index is 1.32. The average molecular weight is 458 g/mol. The first kappa shape index (κ1) is 21.2. The number of fused-ring (bicyclic) bond motifs is 2. The summed E-state index contributed by atoms with van der Waals surface area (Å²) in [5.74, 6) is -0.359. The molecule has 2 aromatic rings. The topological polar surface area (TPSA) is 100 Å². The van der Waals surface area contributed by atoms with Gasteiger partial charge in [0.25, 0.3) is 5.91 Å². The minimum Gasteiger partial charge on any atom is -0.496 e. The molecule has 5 rings (SSSR count). The van der Waals surface area contributed by atoms with Crippen LogP contribution in [0.2, 0.25) is 0 Å². The van der Waals surface area contributed by atoms with Gasteiger partial charge in [-0.3, -0.25) is 4.79 Å². The molecule has 3 aliphatic heterocycles. The number of hydrogen-bond acceptors (Lipinski definition) is 7. The summed E-state index contributed by atoms with van der Waals surface area (Å²) < 4.78 is 11.1. The standard InChI is InChI=1S/C23H27N3O5S/c1-30-16-6-4-5-13-11-26(22(27)19(13)16)12-14-9-15-17(10-24-14)32-21(20(15)23(28)29)25-18-7-2-3-8-31-18/h4-6,14,18,24-25H,2-3,7-12H2,1H3,(H,28,29). The van der Waals surface area contributed by atoms with Crippen molar-refractivity contribution in [1.29, 1.82) is 0 Å². The fourth-order valence-electron chi connectivity index (χ4n) is 4.85. The van der Waals surface area contributed by atoms with Crippen molar-refractivity contribution < 1.29 is 24.2 Å². The summed E-state index contributed by atoms with van der Waals surface area (Å²) in [6, 6.07) is 5.64. The van der Waals surface area contributed by atoms with Gasteiger partial charge in [0.1, 0.15) is 17.0 Å². The lowest BCUT2D eigenvalue weighted by Gasteiger charge is -2.28. The van der Waals surface area contributed by atoms with E-state index in [1.165, 1.54) is 11.3 Å². The Labute approximate surface area is 190 Å². The second-order valence-corrected chi connectivity index (χ2v) is 9.58. The Morgan fingerprint density at radius 3 is 3.03 bits per heavy atom. The van der Waals surface area contributed by atoms with Crippen LogP contribution in [0.3, 0.4) is 0 Å². The Hall–Kier alpha value is -2.62. The molecule has 1 saturated heterocycles. The average Bonchev–Trinajstić information content (AvgIpc) is 3.31. The molecule has 9 heteroatoms. The number of carboxylic acids is 1. The molecule has 8 nitrogen and oxygen atoms in total. The molecule has 1 aromatic heterocycles. The molecule has 1 amide bonds. The van der Waals surface area contributed by atoms with Crippen LogP contribution in [0.15, 0.2) is 18.2 Å². The lowest BCUT2D eigenvalue weighted by Crippen LogP contribution is -2.44. The highest BCUT2D eigenvalue weighted by atomic mass is 32.1. The van der Waals surface area contributed by atoms with Crippen LogP contribution < -0.4 is 15.4 Å². The predicted molar refractivity (Wildman–Crippen MR) is 121 cm³/mol. The minimum atomic E-state index is -0.921. The van der Waals surface area contributed by atoms with Crippen molar-refractivity contribution in [3.05, 3.63) is 45.3 Å². The maximum Gasteiger partial charge on any atom is 0.338 e. The highest BCUT2D eigenvalue weighted by Gasteiger charge is 2.35. The number of carboxylic acid groups (broad SMARTS) is 1. The smallest absolute Gasteiger partial charge is 0.338 e. The molecule has 0 aliphatic carbocycles. The Morgan fingerprint density at radius 2 is 2.28 bits per heavy atom. The van der Waals surface area contributed by atoms with Gasteiger partial charge in [-0.1, -0.05) is 12.1 Å². The van der Waals surface area contributed by atoms with E-state index in [0.29, 0.717) is 54.5 Å². The highest BCUT2D eigenvalue weighted by molar-refractivity contribution is 7.16. The first-order valence-corrected chi connectivity index (χ1v) is 11.8. The first-order chi connectivity index (χ1) is 15.5. The molecule has 2 unspecified atom stereocenters. The molecule has 0 bridgehead atoms. The first-order valence-electron chi connectivity index (χ1n) is 11.0. The summed E-state index contributed by atoms with van der Waals surface area (Å²) >= 11 is 1.49. The van der Waals surface area contributed by atoms with E-state index in [-0.39, 0.29) is 18.2 Å². The number of nitrogens with zero attached hydrogens (tertiary/aromatic N) is 1. The van der Waals surface area contributed by atoms with Crippen molar-refractivity contribution in [2.45, 2.75) is 51.0 Å². The normalized spacial score (nSPS) is 22.4. The van der Waals surface area contributed by atoms with Gasteiger partial charge < -0.3 is 30.1 Å². The maximum atomic E-state index is 13.0. The number of amides is 1. The van der Waals surface area contributed by atoms with Gasteiger partial charge in [0.2, 0.25) is 0 Å². The summed E-state index contributed by atoms with van der Waals surface area (Å²) in [7, 11) is 1.57. The molecule has 3 N–H and O–H groups in total. The van der Waals surface area contributed by atoms with Gasteiger partial charge in [-0.05, 0) is 42.9 Å².